The third kappa shape index (κ3) is 1.80. The minimum absolute atomic E-state index is 0.477. The Morgan fingerprint density at radius 1 is 1.25 bits per heavy atom. The highest BCUT2D eigenvalue weighted by atomic mass is 32.2. The normalized spacial score (nSPS) is 19.1. The fourth-order valence-electron chi connectivity index (χ4n) is 1.17. The molecule has 0 nitrogen and oxygen atoms in total. The molecular formula is C10H12S2. The summed E-state index contributed by atoms with van der Waals surface area (Å²) in [6.45, 7) is 0. The van der Waals surface area contributed by atoms with E-state index in [9.17, 15) is 0 Å². The molecule has 2 heteroatoms. The maximum absolute atomic E-state index is 4.37. The van der Waals surface area contributed by atoms with Gasteiger partial charge in [0.15, 0.2) is 0 Å². The molecule has 2 rings (SSSR count). The molecule has 0 bridgehead atoms. The monoisotopic (exact) mass is 196 g/mol. The smallest absolute Gasteiger partial charge is 0.0296 e. The number of thioether (sulfide) groups is 1. The lowest BCUT2D eigenvalue weighted by Crippen LogP contribution is -2.03. The first-order valence-electron chi connectivity index (χ1n) is 4.20. The van der Waals surface area contributed by atoms with Gasteiger partial charge in [-0.3, -0.25) is 0 Å². The molecule has 0 aromatic heterocycles. The summed E-state index contributed by atoms with van der Waals surface area (Å²) in [5.74, 6) is 1.01. The molecule has 1 aliphatic carbocycles. The molecule has 0 saturated heterocycles. The second-order valence-electron chi connectivity index (χ2n) is 3.26. The van der Waals surface area contributed by atoms with Gasteiger partial charge < -0.3 is 0 Å². The van der Waals surface area contributed by atoms with Crippen LogP contribution in [0, 0.1) is 0 Å². The lowest BCUT2D eigenvalue weighted by Gasteiger charge is -2.10. The molecule has 64 valence electrons. The molecule has 0 heterocycles. The molecular weight excluding hydrogens is 184 g/mol. The van der Waals surface area contributed by atoms with Gasteiger partial charge in [-0.05, 0) is 25.0 Å². The second kappa shape index (κ2) is 3.35. The van der Waals surface area contributed by atoms with Crippen LogP contribution in [0.25, 0.3) is 0 Å². The van der Waals surface area contributed by atoms with Crippen molar-refractivity contribution in [2.45, 2.75) is 22.5 Å². The van der Waals surface area contributed by atoms with Crippen molar-refractivity contribution in [2.24, 2.45) is 0 Å². The zero-order valence-corrected chi connectivity index (χ0v) is 8.57. The standard InChI is InChI=1S/C10H12S2/c11-8-10(6-7-10)12-9-4-2-1-3-5-9/h1-5,11H,6-8H2. The number of thiol groups is 1. The van der Waals surface area contributed by atoms with Crippen LogP contribution < -0.4 is 0 Å². The summed E-state index contributed by atoms with van der Waals surface area (Å²) in [5, 5.41) is 0. The van der Waals surface area contributed by atoms with Crippen LogP contribution in [0.15, 0.2) is 35.2 Å². The van der Waals surface area contributed by atoms with E-state index in [1.165, 1.54) is 17.7 Å². The first-order chi connectivity index (χ1) is 5.85. The van der Waals surface area contributed by atoms with Crippen molar-refractivity contribution >= 4 is 24.4 Å². The average Bonchev–Trinajstić information content (AvgIpc) is 2.88. The van der Waals surface area contributed by atoms with Crippen LogP contribution in [0.2, 0.25) is 0 Å². The maximum atomic E-state index is 4.37. The number of hydrogen-bond acceptors (Lipinski definition) is 2. The summed E-state index contributed by atoms with van der Waals surface area (Å²) in [5.41, 5.74) is 0. The predicted molar refractivity (Wildman–Crippen MR) is 58.1 cm³/mol. The first-order valence-corrected chi connectivity index (χ1v) is 5.64. The highest BCUT2D eigenvalue weighted by molar-refractivity contribution is 8.01. The highest BCUT2D eigenvalue weighted by Crippen LogP contribution is 2.52. The Hall–Kier alpha value is -0.0800. The molecule has 1 saturated carbocycles. The quantitative estimate of drug-likeness (QED) is 0.724. The predicted octanol–water partition coefficient (Wildman–Crippen LogP) is 3.24. The summed E-state index contributed by atoms with van der Waals surface area (Å²) < 4.78 is 0.477. The second-order valence-corrected chi connectivity index (χ2v) is 5.11. The van der Waals surface area contributed by atoms with Gasteiger partial charge in [-0.1, -0.05) is 18.2 Å². The van der Waals surface area contributed by atoms with E-state index >= 15 is 0 Å². The molecule has 0 unspecified atom stereocenters. The van der Waals surface area contributed by atoms with Crippen molar-refractivity contribution in [3.05, 3.63) is 30.3 Å². The molecule has 0 N–H and O–H groups in total. The Kier molecular flexibility index (Phi) is 2.37. The zero-order chi connectivity index (χ0) is 8.44. The Balaban J connectivity index is 2.04. The van der Waals surface area contributed by atoms with Gasteiger partial charge >= 0.3 is 0 Å². The molecule has 1 fully saturated rings. The molecule has 0 amide bonds. The SMILES string of the molecule is SCC1(Sc2ccccc2)CC1. The molecule has 0 radical (unpaired) electrons. The molecule has 1 aromatic carbocycles. The van der Waals surface area contributed by atoms with Crippen molar-refractivity contribution in [3.8, 4) is 0 Å². The van der Waals surface area contributed by atoms with E-state index < -0.39 is 0 Å². The van der Waals surface area contributed by atoms with Crippen LogP contribution in [0.1, 0.15) is 12.8 Å². The van der Waals surface area contributed by atoms with Crippen LogP contribution >= 0.6 is 24.4 Å². The summed E-state index contributed by atoms with van der Waals surface area (Å²) in [6, 6.07) is 10.6. The molecule has 1 aliphatic rings. The number of rotatable bonds is 3. The van der Waals surface area contributed by atoms with Gasteiger partial charge in [0, 0.05) is 15.4 Å². The van der Waals surface area contributed by atoms with Crippen LogP contribution in [-0.4, -0.2) is 10.5 Å². The fourth-order valence-corrected chi connectivity index (χ4v) is 2.84. The van der Waals surface area contributed by atoms with Gasteiger partial charge in [-0.15, -0.1) is 11.8 Å². The van der Waals surface area contributed by atoms with Gasteiger partial charge in [0.25, 0.3) is 0 Å². The highest BCUT2D eigenvalue weighted by Gasteiger charge is 2.42. The minimum Gasteiger partial charge on any atom is -0.178 e. The van der Waals surface area contributed by atoms with E-state index in [-0.39, 0.29) is 0 Å². The van der Waals surface area contributed by atoms with Crippen LogP contribution in [0.4, 0.5) is 0 Å². The Labute approximate surface area is 83.2 Å². The van der Waals surface area contributed by atoms with E-state index in [4.69, 9.17) is 0 Å². The van der Waals surface area contributed by atoms with Crippen LogP contribution in [0.3, 0.4) is 0 Å². The Morgan fingerprint density at radius 3 is 2.42 bits per heavy atom. The molecule has 0 aliphatic heterocycles. The van der Waals surface area contributed by atoms with E-state index in [2.05, 4.69) is 43.0 Å². The summed E-state index contributed by atoms with van der Waals surface area (Å²) in [6.07, 6.45) is 2.66. The first kappa shape index (κ1) is 8.52. The third-order valence-corrected chi connectivity index (χ3v) is 4.49. The van der Waals surface area contributed by atoms with Crippen LogP contribution in [-0.2, 0) is 0 Å². The van der Waals surface area contributed by atoms with Gasteiger partial charge in [-0.2, -0.15) is 12.6 Å². The van der Waals surface area contributed by atoms with Crippen molar-refractivity contribution in [1.29, 1.82) is 0 Å². The summed E-state index contributed by atoms with van der Waals surface area (Å²) in [7, 11) is 0. The lowest BCUT2D eigenvalue weighted by molar-refractivity contribution is 1.07. The van der Waals surface area contributed by atoms with E-state index in [1.807, 2.05) is 11.8 Å². The average molecular weight is 196 g/mol. The third-order valence-electron chi connectivity index (χ3n) is 2.17. The molecule has 0 spiro atoms. The van der Waals surface area contributed by atoms with Crippen molar-refractivity contribution in [2.75, 3.05) is 5.75 Å². The summed E-state index contributed by atoms with van der Waals surface area (Å²) >= 11 is 6.35. The van der Waals surface area contributed by atoms with Gasteiger partial charge in [0.05, 0.1) is 0 Å². The zero-order valence-electron chi connectivity index (χ0n) is 6.86. The van der Waals surface area contributed by atoms with E-state index in [0.717, 1.165) is 5.75 Å². The van der Waals surface area contributed by atoms with Gasteiger partial charge in [0.2, 0.25) is 0 Å². The number of hydrogen-bond donors (Lipinski definition) is 1. The maximum Gasteiger partial charge on any atom is 0.0296 e. The minimum atomic E-state index is 0.477. The molecule has 12 heavy (non-hydrogen) atoms. The largest absolute Gasteiger partial charge is 0.178 e. The molecule has 0 atom stereocenters. The van der Waals surface area contributed by atoms with Crippen molar-refractivity contribution in [1.82, 2.24) is 0 Å². The van der Waals surface area contributed by atoms with Crippen molar-refractivity contribution < 1.29 is 0 Å². The van der Waals surface area contributed by atoms with Gasteiger partial charge in [-0.25, -0.2) is 0 Å². The van der Waals surface area contributed by atoms with Gasteiger partial charge in [0.1, 0.15) is 0 Å². The Morgan fingerprint density at radius 2 is 1.92 bits per heavy atom. The Bertz CT molecular complexity index is 252. The van der Waals surface area contributed by atoms with Crippen molar-refractivity contribution in [3.63, 3.8) is 0 Å². The topological polar surface area (TPSA) is 0 Å². The summed E-state index contributed by atoms with van der Waals surface area (Å²) in [4.78, 5) is 1.38. The van der Waals surface area contributed by atoms with E-state index in [1.54, 1.807) is 0 Å². The van der Waals surface area contributed by atoms with Crippen LogP contribution in [0.5, 0.6) is 0 Å². The molecule has 1 aromatic rings. The number of benzene rings is 1. The lowest BCUT2D eigenvalue weighted by atomic mass is 10.4. The fraction of sp³-hybridized carbons (Fsp3) is 0.400. The van der Waals surface area contributed by atoms with E-state index in [0.29, 0.717) is 4.75 Å².